The van der Waals surface area contributed by atoms with Crippen molar-refractivity contribution >= 4 is 122 Å². The molecular formula is C34H35Br2Cl3N10O2S2. The Balaban J connectivity index is 0.000000151. The maximum Gasteiger partial charge on any atom is 0.276 e. The van der Waals surface area contributed by atoms with E-state index in [0.717, 1.165) is 93.7 Å². The Morgan fingerprint density at radius 3 is 1.62 bits per heavy atom. The van der Waals surface area contributed by atoms with E-state index in [9.17, 15) is 5.11 Å². The number of anilines is 2. The molecule has 0 bridgehead atoms. The molecule has 2 atom stereocenters. The second kappa shape index (κ2) is 18.8. The molecule has 2 aliphatic rings. The topological polar surface area (TPSA) is 139 Å². The largest absolute Gasteiger partial charge is 0.467 e. The zero-order valence-corrected chi connectivity index (χ0v) is 35.7. The number of aliphatic hydroxyl groups excluding tert-OH is 1. The third kappa shape index (κ3) is 11.2. The number of fused-ring (bicyclic) bond motifs is 2. The predicted molar refractivity (Wildman–Crippen MR) is 221 cm³/mol. The van der Waals surface area contributed by atoms with Crippen molar-refractivity contribution in [2.24, 2.45) is 11.8 Å². The van der Waals surface area contributed by atoms with Gasteiger partial charge in [-0.15, -0.1) is 0 Å². The molecule has 0 spiro atoms. The molecule has 280 valence electrons. The van der Waals surface area contributed by atoms with Crippen LogP contribution in [0, 0.1) is 11.8 Å². The summed E-state index contributed by atoms with van der Waals surface area (Å²) in [5.74, 6) is 2.35. The first-order chi connectivity index (χ1) is 25.5. The van der Waals surface area contributed by atoms with Crippen LogP contribution in [-0.4, -0.2) is 83.4 Å². The van der Waals surface area contributed by atoms with Crippen LogP contribution in [0.3, 0.4) is 0 Å². The molecule has 12 nitrogen and oxygen atoms in total. The summed E-state index contributed by atoms with van der Waals surface area (Å²) >= 11 is 26.8. The number of thiazole rings is 2. The number of pyridine rings is 2. The third-order valence-electron chi connectivity index (χ3n) is 8.89. The van der Waals surface area contributed by atoms with Gasteiger partial charge in [0.05, 0.1) is 40.9 Å². The van der Waals surface area contributed by atoms with Gasteiger partial charge in [0.15, 0.2) is 4.47 Å². The highest BCUT2D eigenvalue weighted by atomic mass is 79.9. The van der Waals surface area contributed by atoms with Crippen LogP contribution >= 0.6 is 89.3 Å². The lowest BCUT2D eigenvalue weighted by atomic mass is 9.92. The zero-order valence-electron chi connectivity index (χ0n) is 28.6. The van der Waals surface area contributed by atoms with Crippen molar-refractivity contribution in [2.75, 3.05) is 36.0 Å². The lowest BCUT2D eigenvalue weighted by Gasteiger charge is -2.34. The summed E-state index contributed by atoms with van der Waals surface area (Å²) in [6.07, 6.45) is 10.4. The molecule has 0 aliphatic carbocycles. The third-order valence-corrected chi connectivity index (χ3v) is 12.1. The summed E-state index contributed by atoms with van der Waals surface area (Å²) in [4.78, 5) is 40.3. The van der Waals surface area contributed by atoms with Gasteiger partial charge in [0, 0.05) is 26.2 Å². The Morgan fingerprint density at radius 2 is 1.13 bits per heavy atom. The fraction of sp³-hybridized carbons (Fsp3) is 0.412. The molecule has 2 aliphatic heterocycles. The first-order valence-corrected chi connectivity index (χ1v) is 21.2. The van der Waals surface area contributed by atoms with Gasteiger partial charge < -0.3 is 19.6 Å². The van der Waals surface area contributed by atoms with E-state index in [1.165, 1.54) is 22.7 Å². The van der Waals surface area contributed by atoms with Crippen LogP contribution in [0.25, 0.3) is 20.7 Å². The Labute approximate surface area is 346 Å². The van der Waals surface area contributed by atoms with Gasteiger partial charge in [0.25, 0.3) is 5.19 Å². The minimum absolute atomic E-state index is 0.104. The maximum atomic E-state index is 9.50. The van der Waals surface area contributed by atoms with E-state index < -0.39 is 0 Å². The van der Waals surface area contributed by atoms with Crippen molar-refractivity contribution in [3.8, 4) is 5.19 Å². The van der Waals surface area contributed by atoms with Crippen molar-refractivity contribution < 1.29 is 9.84 Å². The van der Waals surface area contributed by atoms with Gasteiger partial charge in [0.1, 0.15) is 36.0 Å². The van der Waals surface area contributed by atoms with Crippen molar-refractivity contribution in [2.45, 2.75) is 51.7 Å². The monoisotopic (exact) mass is 942 g/mol. The standard InChI is InChI=1S/C17H17BrClN5OS.C11H16ClN3O.C6H2BrClN2S/c1-10(25-17-22-13-2-3-14(18)23-15(13)26-17)11-4-6-24(7-5-11)16-20-8-12(19)9-21-16;1-8(16)9-2-4-15(5-3-9)11-13-6-10(12)7-14-11;7-4-2-1-3-5(10-4)11-6(8)9-3/h2-3,8-11H,4-7H2,1H3;6-9,16H,2-5H2,1H3;1-2H/t10-;8-;/m01./s1. The lowest BCUT2D eigenvalue weighted by molar-refractivity contribution is 0.109. The molecule has 0 amide bonds. The van der Waals surface area contributed by atoms with E-state index in [-0.39, 0.29) is 12.2 Å². The van der Waals surface area contributed by atoms with Gasteiger partial charge in [-0.2, -0.15) is 0 Å². The average molecular weight is 946 g/mol. The summed E-state index contributed by atoms with van der Waals surface area (Å²) in [5, 5.41) is 11.3. The Hall–Kier alpha value is -2.57. The Bertz CT molecular complexity index is 2080. The Morgan fingerprint density at radius 1 is 0.679 bits per heavy atom. The zero-order chi connectivity index (χ0) is 37.5. The number of rotatable bonds is 6. The van der Waals surface area contributed by atoms with Crippen LogP contribution in [0.2, 0.25) is 14.5 Å². The summed E-state index contributed by atoms with van der Waals surface area (Å²) in [7, 11) is 0. The molecule has 2 fully saturated rings. The maximum absolute atomic E-state index is 9.50. The van der Waals surface area contributed by atoms with Crippen LogP contribution in [0.5, 0.6) is 5.19 Å². The number of halogens is 5. The summed E-state index contributed by atoms with van der Waals surface area (Å²) in [5.41, 5.74) is 1.72. The number of hydrogen-bond donors (Lipinski definition) is 1. The number of nitrogens with zero attached hydrogens (tertiary/aromatic N) is 10. The fourth-order valence-corrected chi connectivity index (χ4v) is 8.83. The van der Waals surface area contributed by atoms with Crippen LogP contribution in [0.4, 0.5) is 11.9 Å². The van der Waals surface area contributed by atoms with Crippen molar-refractivity contribution in [1.29, 1.82) is 0 Å². The van der Waals surface area contributed by atoms with Crippen LogP contribution in [-0.2, 0) is 0 Å². The van der Waals surface area contributed by atoms with E-state index in [0.29, 0.717) is 31.5 Å². The molecule has 19 heteroatoms. The minimum atomic E-state index is -0.215. The van der Waals surface area contributed by atoms with Crippen molar-refractivity contribution in [1.82, 2.24) is 39.9 Å². The second-order valence-corrected chi connectivity index (χ2v) is 17.5. The molecule has 0 saturated carbocycles. The molecule has 0 radical (unpaired) electrons. The molecule has 6 aromatic heterocycles. The van der Waals surface area contributed by atoms with E-state index in [1.54, 1.807) is 24.8 Å². The predicted octanol–water partition coefficient (Wildman–Crippen LogP) is 9.42. The van der Waals surface area contributed by atoms with E-state index in [2.05, 4.69) is 88.5 Å². The van der Waals surface area contributed by atoms with Gasteiger partial charge in [-0.1, -0.05) is 57.5 Å². The molecule has 0 unspecified atom stereocenters. The average Bonchev–Trinajstić information content (AvgIpc) is 3.73. The summed E-state index contributed by atoms with van der Waals surface area (Å²) < 4.78 is 8.27. The number of aromatic nitrogens is 8. The van der Waals surface area contributed by atoms with Gasteiger partial charge in [0.2, 0.25) is 11.9 Å². The normalized spacial score (nSPS) is 16.5. The SMILES string of the molecule is C[C@@H](O)C1CCN(c2ncc(Cl)cn2)CC1.C[C@H](Oc1nc2ccc(Br)nc2s1)C1CCN(c2ncc(Cl)cn2)CC1.Clc1nc2ccc(Br)nc2s1. The van der Waals surface area contributed by atoms with Crippen LogP contribution in [0.15, 0.2) is 58.3 Å². The highest BCUT2D eigenvalue weighted by Crippen LogP contribution is 2.32. The minimum Gasteiger partial charge on any atom is -0.467 e. The van der Waals surface area contributed by atoms with Crippen LogP contribution in [0.1, 0.15) is 39.5 Å². The second-order valence-electron chi connectivity index (χ2n) is 12.5. The molecule has 53 heavy (non-hydrogen) atoms. The first kappa shape index (κ1) is 40.1. The van der Waals surface area contributed by atoms with Crippen LogP contribution < -0.4 is 14.5 Å². The lowest BCUT2D eigenvalue weighted by Crippen LogP contribution is -2.39. The number of hydrogen-bond acceptors (Lipinski definition) is 14. The number of piperidine rings is 2. The van der Waals surface area contributed by atoms with Gasteiger partial charge in [-0.3, -0.25) is 0 Å². The first-order valence-electron chi connectivity index (χ1n) is 16.8. The highest BCUT2D eigenvalue weighted by Gasteiger charge is 2.27. The van der Waals surface area contributed by atoms with Gasteiger partial charge in [-0.05, 0) is 107 Å². The molecular weight excluding hydrogens is 911 g/mol. The van der Waals surface area contributed by atoms with Gasteiger partial charge >= 0.3 is 0 Å². The summed E-state index contributed by atoms with van der Waals surface area (Å²) in [6, 6.07) is 7.57. The van der Waals surface area contributed by atoms with E-state index >= 15 is 0 Å². The van der Waals surface area contributed by atoms with E-state index in [1.807, 2.05) is 31.2 Å². The highest BCUT2D eigenvalue weighted by molar-refractivity contribution is 9.10. The summed E-state index contributed by atoms with van der Waals surface area (Å²) in [6.45, 7) is 7.60. The van der Waals surface area contributed by atoms with Crippen molar-refractivity contribution in [3.05, 3.63) is 72.8 Å². The fourth-order valence-electron chi connectivity index (χ4n) is 5.94. The molecule has 1 N–H and O–H groups in total. The molecule has 8 rings (SSSR count). The molecule has 6 aromatic rings. The smallest absolute Gasteiger partial charge is 0.276 e. The number of ether oxygens (including phenoxy) is 1. The molecule has 8 heterocycles. The van der Waals surface area contributed by atoms with Gasteiger partial charge in [-0.25, -0.2) is 39.9 Å². The molecule has 2 saturated heterocycles. The van der Waals surface area contributed by atoms with Crippen molar-refractivity contribution in [3.63, 3.8) is 0 Å². The number of aliphatic hydroxyl groups is 1. The molecule has 0 aromatic carbocycles. The van der Waals surface area contributed by atoms with E-state index in [4.69, 9.17) is 39.5 Å². The quantitative estimate of drug-likeness (QED) is 0.159. The Kier molecular flexibility index (Phi) is 14.3.